The second-order valence-corrected chi connectivity index (χ2v) is 7.67. The van der Waals surface area contributed by atoms with Gasteiger partial charge in [0.25, 0.3) is 10.0 Å². The number of carbonyl (C=O) groups is 1. The molecule has 0 aliphatic rings. The monoisotopic (exact) mass is 401 g/mol. The summed E-state index contributed by atoms with van der Waals surface area (Å²) >= 11 is 5.87. The van der Waals surface area contributed by atoms with E-state index in [1.807, 2.05) is 6.07 Å². The molecule has 0 aliphatic carbocycles. The van der Waals surface area contributed by atoms with Gasteiger partial charge >= 0.3 is 6.03 Å². The van der Waals surface area contributed by atoms with Crippen LogP contribution in [0.1, 0.15) is 0 Å². The number of rotatable bonds is 5. The van der Waals surface area contributed by atoms with Crippen LogP contribution in [0, 0.1) is 0 Å². The van der Waals surface area contributed by atoms with Crippen molar-refractivity contribution in [2.75, 3.05) is 15.4 Å². The normalized spacial score (nSPS) is 10.9. The van der Waals surface area contributed by atoms with Crippen molar-refractivity contribution in [1.29, 1.82) is 0 Å². The second kappa shape index (κ2) is 8.11. The van der Waals surface area contributed by atoms with Crippen LogP contribution in [0.15, 0.2) is 83.8 Å². The van der Waals surface area contributed by atoms with Crippen LogP contribution in [0.25, 0.3) is 0 Å². The fourth-order valence-corrected chi connectivity index (χ4v) is 3.71. The van der Waals surface area contributed by atoms with Gasteiger partial charge < -0.3 is 10.6 Å². The summed E-state index contributed by atoms with van der Waals surface area (Å²) in [6.07, 6.45) is 0. The summed E-state index contributed by atoms with van der Waals surface area (Å²) in [5.74, 6) is 0. The summed E-state index contributed by atoms with van der Waals surface area (Å²) in [5.41, 5.74) is 1.17. The number of halogens is 1. The molecule has 0 spiro atoms. The van der Waals surface area contributed by atoms with E-state index in [4.69, 9.17) is 11.6 Å². The molecule has 3 aromatic rings. The molecule has 3 rings (SSSR count). The third-order valence-electron chi connectivity index (χ3n) is 3.56. The maximum absolute atomic E-state index is 12.6. The van der Waals surface area contributed by atoms with Crippen LogP contribution < -0.4 is 15.4 Å². The molecule has 0 fully saturated rings. The zero-order chi connectivity index (χ0) is 19.3. The molecule has 0 saturated carbocycles. The third-order valence-corrected chi connectivity index (χ3v) is 5.16. The van der Waals surface area contributed by atoms with Crippen molar-refractivity contribution in [1.82, 2.24) is 0 Å². The number of amides is 2. The van der Waals surface area contributed by atoms with Gasteiger partial charge in [0, 0.05) is 10.7 Å². The molecule has 6 nitrogen and oxygen atoms in total. The van der Waals surface area contributed by atoms with Crippen LogP contribution in [0.2, 0.25) is 5.02 Å². The summed E-state index contributed by atoms with van der Waals surface area (Å²) in [6.45, 7) is 0. The van der Waals surface area contributed by atoms with Crippen molar-refractivity contribution in [3.8, 4) is 0 Å². The molecule has 2 amide bonds. The van der Waals surface area contributed by atoms with E-state index >= 15 is 0 Å². The number of anilines is 3. The Morgan fingerprint density at radius 2 is 1.44 bits per heavy atom. The summed E-state index contributed by atoms with van der Waals surface area (Å²) < 4.78 is 27.6. The first-order valence-electron chi connectivity index (χ1n) is 7.94. The average Bonchev–Trinajstić information content (AvgIpc) is 2.64. The molecule has 0 saturated heterocycles. The Hall–Kier alpha value is -3.03. The third kappa shape index (κ3) is 4.99. The number of hydrogen-bond acceptors (Lipinski definition) is 3. The molecule has 138 valence electrons. The molecular formula is C19H16ClN3O3S. The van der Waals surface area contributed by atoms with Gasteiger partial charge in [0.1, 0.15) is 0 Å². The van der Waals surface area contributed by atoms with Gasteiger partial charge in [0.2, 0.25) is 0 Å². The van der Waals surface area contributed by atoms with E-state index in [-0.39, 0.29) is 10.6 Å². The Kier molecular flexibility index (Phi) is 5.63. The van der Waals surface area contributed by atoms with Gasteiger partial charge in [-0.25, -0.2) is 13.2 Å². The largest absolute Gasteiger partial charge is 0.323 e. The molecule has 3 aromatic carbocycles. The SMILES string of the molecule is O=C(Nc1ccccc1)Nc1ccccc1NS(=O)(=O)c1cccc(Cl)c1. The zero-order valence-corrected chi connectivity index (χ0v) is 15.6. The molecule has 3 N–H and O–H groups in total. The number of nitrogens with one attached hydrogen (secondary N) is 3. The highest BCUT2D eigenvalue weighted by Crippen LogP contribution is 2.25. The van der Waals surface area contributed by atoms with Crippen LogP contribution >= 0.6 is 11.6 Å². The highest BCUT2D eigenvalue weighted by molar-refractivity contribution is 7.92. The Labute approximate surface area is 162 Å². The van der Waals surface area contributed by atoms with Gasteiger partial charge in [0.05, 0.1) is 16.3 Å². The minimum absolute atomic E-state index is 0.0264. The quantitative estimate of drug-likeness (QED) is 0.574. The van der Waals surface area contributed by atoms with E-state index in [1.54, 1.807) is 60.7 Å². The Morgan fingerprint density at radius 3 is 2.15 bits per heavy atom. The van der Waals surface area contributed by atoms with Gasteiger partial charge in [-0.15, -0.1) is 0 Å². The van der Waals surface area contributed by atoms with Gasteiger partial charge in [-0.05, 0) is 42.5 Å². The molecular weight excluding hydrogens is 386 g/mol. The highest BCUT2D eigenvalue weighted by atomic mass is 35.5. The maximum Gasteiger partial charge on any atom is 0.323 e. The fourth-order valence-electron chi connectivity index (χ4n) is 2.33. The molecule has 0 bridgehead atoms. The van der Waals surface area contributed by atoms with Crippen LogP contribution in [0.4, 0.5) is 21.9 Å². The minimum atomic E-state index is -3.86. The van der Waals surface area contributed by atoms with E-state index < -0.39 is 16.1 Å². The Morgan fingerprint density at radius 1 is 0.778 bits per heavy atom. The van der Waals surface area contributed by atoms with Crippen LogP contribution in [0.5, 0.6) is 0 Å². The number of para-hydroxylation sites is 3. The highest BCUT2D eigenvalue weighted by Gasteiger charge is 2.17. The van der Waals surface area contributed by atoms with E-state index in [1.165, 1.54) is 12.1 Å². The molecule has 0 atom stereocenters. The molecule has 0 heterocycles. The minimum Gasteiger partial charge on any atom is -0.308 e. The first-order chi connectivity index (χ1) is 12.9. The van der Waals surface area contributed by atoms with Crippen molar-refractivity contribution in [2.24, 2.45) is 0 Å². The maximum atomic E-state index is 12.6. The van der Waals surface area contributed by atoms with Crippen molar-refractivity contribution in [2.45, 2.75) is 4.90 Å². The van der Waals surface area contributed by atoms with Gasteiger partial charge in [-0.2, -0.15) is 0 Å². The first kappa shape index (κ1) is 18.8. The standard InChI is InChI=1S/C19H16ClN3O3S/c20-14-7-6-10-16(13-14)27(25,26)23-18-12-5-4-11-17(18)22-19(24)21-15-8-2-1-3-9-15/h1-13,23H,(H2,21,22,24). The molecule has 8 heteroatoms. The lowest BCUT2D eigenvalue weighted by Crippen LogP contribution is -2.21. The fraction of sp³-hybridized carbons (Fsp3) is 0. The first-order valence-corrected chi connectivity index (χ1v) is 9.81. The van der Waals surface area contributed by atoms with Crippen LogP contribution in [-0.4, -0.2) is 14.4 Å². The molecule has 0 aliphatic heterocycles. The molecule has 0 unspecified atom stereocenters. The average molecular weight is 402 g/mol. The lowest BCUT2D eigenvalue weighted by atomic mass is 10.3. The predicted molar refractivity (Wildman–Crippen MR) is 108 cm³/mol. The summed E-state index contributed by atoms with van der Waals surface area (Å²) in [5, 5.41) is 5.63. The number of benzene rings is 3. The van der Waals surface area contributed by atoms with Gasteiger partial charge in [0.15, 0.2) is 0 Å². The topological polar surface area (TPSA) is 87.3 Å². The van der Waals surface area contributed by atoms with E-state index in [2.05, 4.69) is 15.4 Å². The van der Waals surface area contributed by atoms with Crippen LogP contribution in [-0.2, 0) is 10.0 Å². The number of sulfonamides is 1. The van der Waals surface area contributed by atoms with Crippen molar-refractivity contribution < 1.29 is 13.2 Å². The van der Waals surface area contributed by atoms with Crippen molar-refractivity contribution >= 4 is 44.7 Å². The van der Waals surface area contributed by atoms with E-state index in [0.29, 0.717) is 16.4 Å². The Bertz CT molecular complexity index is 1060. The van der Waals surface area contributed by atoms with E-state index in [0.717, 1.165) is 0 Å². The van der Waals surface area contributed by atoms with Crippen molar-refractivity contribution in [3.63, 3.8) is 0 Å². The smallest absolute Gasteiger partial charge is 0.308 e. The van der Waals surface area contributed by atoms with Crippen molar-refractivity contribution in [3.05, 3.63) is 83.9 Å². The molecule has 27 heavy (non-hydrogen) atoms. The van der Waals surface area contributed by atoms with E-state index in [9.17, 15) is 13.2 Å². The Balaban J connectivity index is 1.79. The predicted octanol–water partition coefficient (Wildman–Crippen LogP) is 4.78. The van der Waals surface area contributed by atoms with Crippen LogP contribution in [0.3, 0.4) is 0 Å². The summed E-state index contributed by atoms with van der Waals surface area (Å²) in [7, 11) is -3.86. The second-order valence-electron chi connectivity index (χ2n) is 5.55. The molecule has 0 radical (unpaired) electrons. The summed E-state index contributed by atoms with van der Waals surface area (Å²) in [6, 6.07) is 20.9. The number of hydrogen-bond donors (Lipinski definition) is 3. The lowest BCUT2D eigenvalue weighted by Gasteiger charge is -2.14. The number of urea groups is 1. The van der Waals surface area contributed by atoms with Gasteiger partial charge in [-0.1, -0.05) is 48.0 Å². The summed E-state index contributed by atoms with van der Waals surface area (Å²) in [4.78, 5) is 12.2. The molecule has 0 aromatic heterocycles. The lowest BCUT2D eigenvalue weighted by molar-refractivity contribution is 0.262. The number of carbonyl (C=O) groups excluding carboxylic acids is 1. The van der Waals surface area contributed by atoms with Gasteiger partial charge in [-0.3, -0.25) is 4.72 Å². The zero-order valence-electron chi connectivity index (χ0n) is 14.0.